The van der Waals surface area contributed by atoms with Gasteiger partial charge in [-0.25, -0.2) is 0 Å². The van der Waals surface area contributed by atoms with Crippen molar-refractivity contribution in [1.29, 1.82) is 0 Å². The van der Waals surface area contributed by atoms with E-state index in [-0.39, 0.29) is 40.8 Å². The molecule has 4 rings (SSSR count). The Kier molecular flexibility index (Phi) is 8.69. The van der Waals surface area contributed by atoms with Gasteiger partial charge in [0.25, 0.3) is 0 Å². The lowest BCUT2D eigenvalue weighted by Crippen LogP contribution is -2.56. The Labute approximate surface area is 217 Å². The molecule has 0 spiro atoms. The predicted octanol–water partition coefficient (Wildman–Crippen LogP) is 2.63. The molecule has 2 aromatic rings. The Morgan fingerprint density at radius 1 is 0.838 bits per heavy atom. The van der Waals surface area contributed by atoms with Crippen molar-refractivity contribution in [2.45, 2.75) is 50.4 Å². The average molecular weight is 519 g/mol. The number of ether oxygens (including phenoxy) is 4. The molecule has 204 valence electrons. The van der Waals surface area contributed by atoms with Crippen LogP contribution >= 0.6 is 0 Å². The van der Waals surface area contributed by atoms with E-state index in [1.165, 1.54) is 21.3 Å². The standard InChI is InChI=1S/C28H38O9/c1-34-22-10-15(4-7-20(22)30)8-18-6-5-17-13-21(31)19(26(32)25(17)28(18)37-14-29)9-16-11-23(35-2)27(33)24(12-16)36-3/h4,7,10-12,17-19,21,25-26,28-33H,5-6,8-9,13-14H2,1-3H3. The third-order valence-corrected chi connectivity index (χ3v) is 8.19. The third kappa shape index (κ3) is 5.60. The fourth-order valence-corrected chi connectivity index (χ4v) is 6.41. The number of hydrogen-bond donors (Lipinski definition) is 5. The molecule has 2 aromatic carbocycles. The van der Waals surface area contributed by atoms with Crippen molar-refractivity contribution >= 4 is 0 Å². The lowest BCUT2D eigenvalue weighted by atomic mass is 9.59. The number of benzene rings is 2. The number of phenolic OH excluding ortho intramolecular Hbond substituents is 2. The van der Waals surface area contributed by atoms with Crippen molar-refractivity contribution in [3.63, 3.8) is 0 Å². The number of hydrogen-bond acceptors (Lipinski definition) is 9. The SMILES string of the molecule is COc1cc(CC2CCC3CC(O)C(Cc4cc(OC)c(O)c(OC)c4)C(O)C3C2OCO)ccc1O. The zero-order valence-corrected chi connectivity index (χ0v) is 21.5. The van der Waals surface area contributed by atoms with E-state index in [4.69, 9.17) is 18.9 Å². The minimum absolute atomic E-state index is 0.0297. The highest BCUT2D eigenvalue weighted by molar-refractivity contribution is 5.53. The van der Waals surface area contributed by atoms with Gasteiger partial charge in [-0.15, -0.1) is 0 Å². The van der Waals surface area contributed by atoms with Crippen LogP contribution < -0.4 is 14.2 Å². The largest absolute Gasteiger partial charge is 0.504 e. The summed E-state index contributed by atoms with van der Waals surface area (Å²) >= 11 is 0. The number of fused-ring (bicyclic) bond motifs is 1. The molecule has 0 bridgehead atoms. The van der Waals surface area contributed by atoms with Gasteiger partial charge >= 0.3 is 0 Å². The maximum Gasteiger partial charge on any atom is 0.200 e. The summed E-state index contributed by atoms with van der Waals surface area (Å²) in [5.41, 5.74) is 1.73. The minimum Gasteiger partial charge on any atom is -0.504 e. The summed E-state index contributed by atoms with van der Waals surface area (Å²) in [7, 11) is 4.41. The smallest absolute Gasteiger partial charge is 0.200 e. The molecule has 2 fully saturated rings. The van der Waals surface area contributed by atoms with Crippen LogP contribution in [0.3, 0.4) is 0 Å². The summed E-state index contributed by atoms with van der Waals surface area (Å²) in [5, 5.41) is 52.6. The summed E-state index contributed by atoms with van der Waals surface area (Å²) in [6, 6.07) is 8.62. The van der Waals surface area contributed by atoms with Gasteiger partial charge < -0.3 is 44.5 Å². The van der Waals surface area contributed by atoms with E-state index in [0.29, 0.717) is 25.0 Å². The minimum atomic E-state index is -0.867. The molecule has 37 heavy (non-hydrogen) atoms. The van der Waals surface area contributed by atoms with Gasteiger partial charge in [-0.3, -0.25) is 0 Å². The van der Waals surface area contributed by atoms with Crippen molar-refractivity contribution in [2.75, 3.05) is 28.1 Å². The Morgan fingerprint density at radius 2 is 1.49 bits per heavy atom. The van der Waals surface area contributed by atoms with Gasteiger partial charge in [-0.2, -0.15) is 0 Å². The van der Waals surface area contributed by atoms with Gasteiger partial charge in [0.05, 0.1) is 39.6 Å². The van der Waals surface area contributed by atoms with E-state index in [1.54, 1.807) is 24.3 Å². The van der Waals surface area contributed by atoms with Gasteiger partial charge in [0.2, 0.25) is 5.75 Å². The first kappa shape index (κ1) is 27.3. The van der Waals surface area contributed by atoms with Gasteiger partial charge in [0, 0.05) is 11.8 Å². The Balaban J connectivity index is 1.58. The van der Waals surface area contributed by atoms with Crippen LogP contribution in [0.25, 0.3) is 0 Å². The molecule has 0 heterocycles. The number of aliphatic hydroxyl groups excluding tert-OH is 3. The van der Waals surface area contributed by atoms with Crippen LogP contribution in [-0.2, 0) is 17.6 Å². The van der Waals surface area contributed by atoms with Crippen LogP contribution in [0.15, 0.2) is 30.3 Å². The molecule has 5 N–H and O–H groups in total. The van der Waals surface area contributed by atoms with Crippen molar-refractivity contribution in [3.8, 4) is 28.7 Å². The molecule has 0 amide bonds. The Bertz CT molecular complexity index is 1030. The van der Waals surface area contributed by atoms with Crippen LogP contribution in [0, 0.1) is 23.7 Å². The summed E-state index contributed by atoms with van der Waals surface area (Å²) in [6.07, 6.45) is 1.19. The van der Waals surface area contributed by atoms with E-state index in [1.807, 2.05) is 6.07 Å². The number of aromatic hydroxyl groups is 2. The summed E-state index contributed by atoms with van der Waals surface area (Å²) < 4.78 is 21.7. The molecule has 0 aliphatic heterocycles. The normalized spacial score (nSPS) is 29.4. The maximum absolute atomic E-state index is 11.6. The highest BCUT2D eigenvalue weighted by Gasteiger charge is 2.51. The molecule has 7 unspecified atom stereocenters. The Hall–Kier alpha value is -2.72. The zero-order chi connectivity index (χ0) is 26.7. The molecule has 0 saturated heterocycles. The lowest BCUT2D eigenvalue weighted by Gasteiger charge is -2.51. The number of phenols is 2. The van der Waals surface area contributed by atoms with Crippen LogP contribution in [0.2, 0.25) is 0 Å². The van der Waals surface area contributed by atoms with Crippen molar-refractivity contribution in [3.05, 3.63) is 41.5 Å². The second-order valence-corrected chi connectivity index (χ2v) is 10.2. The molecule has 2 aliphatic rings. The average Bonchev–Trinajstić information content (AvgIpc) is 2.89. The molecule has 2 saturated carbocycles. The zero-order valence-electron chi connectivity index (χ0n) is 21.5. The van der Waals surface area contributed by atoms with Gasteiger partial charge in [-0.05, 0) is 79.3 Å². The van der Waals surface area contributed by atoms with E-state index >= 15 is 0 Å². The summed E-state index contributed by atoms with van der Waals surface area (Å²) in [6.45, 7) is -0.463. The molecular weight excluding hydrogens is 480 g/mol. The van der Waals surface area contributed by atoms with E-state index in [0.717, 1.165) is 24.0 Å². The highest BCUT2D eigenvalue weighted by atomic mass is 16.6. The first-order valence-corrected chi connectivity index (χ1v) is 12.7. The van der Waals surface area contributed by atoms with E-state index in [2.05, 4.69) is 0 Å². The topological polar surface area (TPSA) is 138 Å². The van der Waals surface area contributed by atoms with Crippen molar-refractivity contribution in [1.82, 2.24) is 0 Å². The van der Waals surface area contributed by atoms with Crippen molar-refractivity contribution in [2.24, 2.45) is 23.7 Å². The van der Waals surface area contributed by atoms with Crippen LogP contribution in [0.5, 0.6) is 28.7 Å². The first-order valence-electron chi connectivity index (χ1n) is 12.7. The monoisotopic (exact) mass is 518 g/mol. The second-order valence-electron chi connectivity index (χ2n) is 10.2. The lowest BCUT2D eigenvalue weighted by molar-refractivity contribution is -0.186. The van der Waals surface area contributed by atoms with Gasteiger partial charge in [0.1, 0.15) is 6.79 Å². The molecule has 7 atom stereocenters. The van der Waals surface area contributed by atoms with E-state index in [9.17, 15) is 25.5 Å². The molecule has 9 heteroatoms. The van der Waals surface area contributed by atoms with Crippen LogP contribution in [0.1, 0.15) is 30.4 Å². The Morgan fingerprint density at radius 3 is 2.11 bits per heavy atom. The number of aliphatic hydroxyl groups is 3. The van der Waals surface area contributed by atoms with E-state index < -0.39 is 31.0 Å². The summed E-state index contributed by atoms with van der Waals surface area (Å²) in [5.74, 6) is 0.236. The number of methoxy groups -OCH3 is 3. The highest BCUT2D eigenvalue weighted by Crippen LogP contribution is 2.48. The van der Waals surface area contributed by atoms with Crippen LogP contribution in [-0.4, -0.2) is 72.0 Å². The first-order chi connectivity index (χ1) is 17.8. The molecule has 0 radical (unpaired) electrons. The number of rotatable bonds is 9. The van der Waals surface area contributed by atoms with Gasteiger partial charge in [-0.1, -0.05) is 6.07 Å². The van der Waals surface area contributed by atoms with Crippen LogP contribution in [0.4, 0.5) is 0 Å². The van der Waals surface area contributed by atoms with Crippen molar-refractivity contribution < 1.29 is 44.5 Å². The predicted molar refractivity (Wildman–Crippen MR) is 135 cm³/mol. The molecule has 2 aliphatic carbocycles. The maximum atomic E-state index is 11.6. The fraction of sp³-hybridized carbons (Fsp3) is 0.571. The third-order valence-electron chi connectivity index (χ3n) is 8.19. The molecule has 0 aromatic heterocycles. The summed E-state index contributed by atoms with van der Waals surface area (Å²) in [4.78, 5) is 0. The molecular formula is C28H38O9. The molecule has 9 nitrogen and oxygen atoms in total. The quantitative estimate of drug-likeness (QED) is 0.317. The second kappa shape index (κ2) is 11.8. The van der Waals surface area contributed by atoms with Gasteiger partial charge in [0.15, 0.2) is 23.0 Å². The fourth-order valence-electron chi connectivity index (χ4n) is 6.41.